The SMILES string of the molecule is Cl.Cl.[C-]1=CC1.[C-]1=CC=CC1.[Zr+2]. The van der Waals surface area contributed by atoms with Gasteiger partial charge in [0.25, 0.3) is 0 Å². The maximum absolute atomic E-state index is 2.99. The molecule has 2 aliphatic rings. The van der Waals surface area contributed by atoms with Crippen molar-refractivity contribution in [2.45, 2.75) is 12.8 Å². The Bertz CT molecular complexity index is 125. The van der Waals surface area contributed by atoms with Crippen LogP contribution in [0.2, 0.25) is 0 Å². The zero-order chi connectivity index (χ0) is 5.66. The summed E-state index contributed by atoms with van der Waals surface area (Å²) in [4.78, 5) is 0. The topological polar surface area (TPSA) is 0 Å². The zero-order valence-corrected chi connectivity index (χ0v) is 10.1. The van der Waals surface area contributed by atoms with E-state index < -0.39 is 0 Å². The first kappa shape index (κ1) is 17.7. The minimum Gasteiger partial charge on any atom is -0.502 e. The molecular formula is C8H10Cl2Zr. The average molecular weight is 268 g/mol. The fraction of sp³-hybridized carbons (Fsp3) is 0.250. The van der Waals surface area contributed by atoms with Crippen LogP contribution in [-0.4, -0.2) is 0 Å². The van der Waals surface area contributed by atoms with Gasteiger partial charge in [0.2, 0.25) is 0 Å². The van der Waals surface area contributed by atoms with Crippen molar-refractivity contribution in [3.8, 4) is 0 Å². The fourth-order valence-corrected chi connectivity index (χ4v) is 0.340. The van der Waals surface area contributed by atoms with Gasteiger partial charge >= 0.3 is 26.2 Å². The molecule has 0 amide bonds. The predicted molar refractivity (Wildman–Crippen MR) is 48.5 cm³/mol. The van der Waals surface area contributed by atoms with E-state index in [9.17, 15) is 0 Å². The molecule has 0 saturated carbocycles. The molecule has 3 heteroatoms. The van der Waals surface area contributed by atoms with Crippen molar-refractivity contribution in [1.29, 1.82) is 0 Å². The molecular weight excluding hydrogens is 258 g/mol. The molecule has 60 valence electrons. The average Bonchev–Trinajstić information content (AvgIpc) is 2.55. The third kappa shape index (κ3) is 18.0. The molecule has 0 aromatic carbocycles. The maximum atomic E-state index is 2.99. The van der Waals surface area contributed by atoms with Gasteiger partial charge in [0.05, 0.1) is 0 Å². The van der Waals surface area contributed by atoms with Gasteiger partial charge in [-0.05, 0) is 0 Å². The summed E-state index contributed by atoms with van der Waals surface area (Å²) < 4.78 is 0. The normalized spacial score (nSPS) is 13.1. The monoisotopic (exact) mass is 266 g/mol. The number of hydrogen-bond donors (Lipinski definition) is 0. The van der Waals surface area contributed by atoms with E-state index in [0.717, 1.165) is 12.8 Å². The van der Waals surface area contributed by atoms with E-state index in [0.29, 0.717) is 0 Å². The van der Waals surface area contributed by atoms with Gasteiger partial charge in [0.15, 0.2) is 0 Å². The molecule has 2 aliphatic carbocycles. The van der Waals surface area contributed by atoms with E-state index in [1.807, 2.05) is 18.2 Å². The van der Waals surface area contributed by atoms with E-state index in [4.69, 9.17) is 0 Å². The second kappa shape index (κ2) is 13.3. The summed E-state index contributed by atoms with van der Waals surface area (Å²) in [7, 11) is 0. The smallest absolute Gasteiger partial charge is 0.502 e. The van der Waals surface area contributed by atoms with Gasteiger partial charge in [0.1, 0.15) is 0 Å². The first-order valence-corrected chi connectivity index (χ1v) is 2.77. The minimum absolute atomic E-state index is 0. The number of allylic oxidation sites excluding steroid dienone is 6. The van der Waals surface area contributed by atoms with Gasteiger partial charge < -0.3 is 6.08 Å². The summed E-state index contributed by atoms with van der Waals surface area (Å²) >= 11 is 0. The molecule has 0 heterocycles. The van der Waals surface area contributed by atoms with Gasteiger partial charge in [-0.3, -0.25) is 12.2 Å². The molecule has 0 spiro atoms. The number of rotatable bonds is 0. The summed E-state index contributed by atoms with van der Waals surface area (Å²) in [6.07, 6.45) is 16.0. The molecule has 0 aromatic rings. The van der Waals surface area contributed by atoms with E-state index in [1.165, 1.54) is 0 Å². The van der Waals surface area contributed by atoms with Crippen molar-refractivity contribution in [2.24, 2.45) is 0 Å². The van der Waals surface area contributed by atoms with Gasteiger partial charge in [-0.25, -0.2) is 18.6 Å². The first-order chi connectivity index (χ1) is 4.00. The maximum Gasteiger partial charge on any atom is 2.00 e. The molecule has 0 nitrogen and oxygen atoms in total. The third-order valence-electron chi connectivity index (χ3n) is 0.790. The van der Waals surface area contributed by atoms with Crippen LogP contribution in [0, 0.1) is 12.2 Å². The molecule has 2 rings (SSSR count). The van der Waals surface area contributed by atoms with Crippen LogP contribution in [-0.2, 0) is 26.2 Å². The van der Waals surface area contributed by atoms with Crippen LogP contribution in [0.25, 0.3) is 0 Å². The van der Waals surface area contributed by atoms with Crippen LogP contribution in [0.3, 0.4) is 0 Å². The standard InChI is InChI=1S/C5H5.C3H3.2ClH.Zr/c1-2-4-5-3-1;1-2-3-1;;;/h1-3H,4H2;1H,2H2;2*1H;/q2*-1;;;+2. The second-order valence-electron chi connectivity index (χ2n) is 1.62. The molecule has 11 heavy (non-hydrogen) atoms. The third-order valence-corrected chi connectivity index (χ3v) is 0.790. The molecule has 0 atom stereocenters. The quantitative estimate of drug-likeness (QED) is 0.593. The van der Waals surface area contributed by atoms with Crippen LogP contribution in [0.15, 0.2) is 24.3 Å². The molecule has 0 N–H and O–H groups in total. The van der Waals surface area contributed by atoms with Gasteiger partial charge in [-0.2, -0.15) is 6.08 Å². The summed E-state index contributed by atoms with van der Waals surface area (Å²) in [6.45, 7) is 0. The van der Waals surface area contributed by atoms with Crippen molar-refractivity contribution < 1.29 is 26.2 Å². The van der Waals surface area contributed by atoms with Crippen molar-refractivity contribution in [3.05, 3.63) is 36.5 Å². The number of halogens is 2. The molecule has 0 bridgehead atoms. The summed E-state index contributed by atoms with van der Waals surface area (Å²) in [6, 6.07) is 0. The van der Waals surface area contributed by atoms with Crippen LogP contribution >= 0.6 is 24.8 Å². The van der Waals surface area contributed by atoms with Crippen LogP contribution in [0.5, 0.6) is 0 Å². The Kier molecular flexibility index (Phi) is 21.4. The molecule has 0 aliphatic heterocycles. The van der Waals surface area contributed by atoms with E-state index in [2.05, 4.69) is 18.2 Å². The van der Waals surface area contributed by atoms with Crippen molar-refractivity contribution >= 4 is 24.8 Å². The van der Waals surface area contributed by atoms with Crippen LogP contribution in [0.1, 0.15) is 12.8 Å². The molecule has 0 unspecified atom stereocenters. The Morgan fingerprint density at radius 2 is 1.55 bits per heavy atom. The summed E-state index contributed by atoms with van der Waals surface area (Å²) in [5.74, 6) is 0. The Hall–Kier alpha value is 0.683. The zero-order valence-electron chi connectivity index (χ0n) is 6.04. The molecule has 0 aromatic heterocycles. The van der Waals surface area contributed by atoms with Crippen molar-refractivity contribution in [3.63, 3.8) is 0 Å². The van der Waals surface area contributed by atoms with Crippen LogP contribution < -0.4 is 0 Å². The van der Waals surface area contributed by atoms with E-state index in [-0.39, 0.29) is 51.0 Å². The summed E-state index contributed by atoms with van der Waals surface area (Å²) in [5.41, 5.74) is 0. The summed E-state index contributed by atoms with van der Waals surface area (Å²) in [5, 5.41) is 0. The Morgan fingerprint density at radius 3 is 1.64 bits per heavy atom. The Labute approximate surface area is 99.8 Å². The first-order valence-electron chi connectivity index (χ1n) is 2.77. The molecule has 0 fully saturated rings. The van der Waals surface area contributed by atoms with Crippen LogP contribution in [0.4, 0.5) is 0 Å². The van der Waals surface area contributed by atoms with Crippen molar-refractivity contribution in [1.82, 2.24) is 0 Å². The van der Waals surface area contributed by atoms with E-state index >= 15 is 0 Å². The van der Waals surface area contributed by atoms with Gasteiger partial charge in [-0.15, -0.1) is 31.2 Å². The van der Waals surface area contributed by atoms with E-state index in [1.54, 1.807) is 0 Å². The molecule has 0 radical (unpaired) electrons. The van der Waals surface area contributed by atoms with Gasteiger partial charge in [-0.1, -0.05) is 0 Å². The predicted octanol–water partition coefficient (Wildman–Crippen LogP) is 2.90. The Morgan fingerprint density at radius 1 is 1.00 bits per heavy atom. The molecule has 0 saturated heterocycles. The number of hydrogen-bond acceptors (Lipinski definition) is 0. The Balaban J connectivity index is -0.0000000967. The largest absolute Gasteiger partial charge is 2.00 e. The van der Waals surface area contributed by atoms with Crippen molar-refractivity contribution in [2.75, 3.05) is 0 Å². The second-order valence-corrected chi connectivity index (χ2v) is 1.62. The minimum atomic E-state index is 0. The fourth-order valence-electron chi connectivity index (χ4n) is 0.340. The van der Waals surface area contributed by atoms with Gasteiger partial charge in [0, 0.05) is 0 Å².